The molecule has 0 aromatic heterocycles. The lowest BCUT2D eigenvalue weighted by molar-refractivity contribution is -0.136. The molecule has 1 aliphatic carbocycles. The van der Waals surface area contributed by atoms with Gasteiger partial charge in [-0.25, -0.2) is 5.48 Å². The highest BCUT2D eigenvalue weighted by Crippen LogP contribution is 2.29. The third-order valence-corrected chi connectivity index (χ3v) is 4.16. The average molecular weight is 300 g/mol. The molecule has 0 bridgehead atoms. The van der Waals surface area contributed by atoms with Gasteiger partial charge in [0.2, 0.25) is 5.91 Å². The van der Waals surface area contributed by atoms with Crippen molar-refractivity contribution in [1.29, 1.82) is 0 Å². The molecule has 3 rings (SSSR count). The summed E-state index contributed by atoms with van der Waals surface area (Å²) in [6.07, 6.45) is 6.26. The zero-order chi connectivity index (χ0) is 15.4. The van der Waals surface area contributed by atoms with Gasteiger partial charge in [0.25, 0.3) is 5.91 Å². The molecule has 1 saturated heterocycles. The van der Waals surface area contributed by atoms with Crippen molar-refractivity contribution in [3.8, 4) is 0 Å². The topological polar surface area (TPSA) is 58.6 Å². The summed E-state index contributed by atoms with van der Waals surface area (Å²) in [5.41, 5.74) is 4.63. The number of fused-ring (bicyclic) bond motifs is 1. The van der Waals surface area contributed by atoms with E-state index < -0.39 is 0 Å². The van der Waals surface area contributed by atoms with Crippen LogP contribution < -0.4 is 5.48 Å². The Morgan fingerprint density at radius 1 is 1.36 bits per heavy atom. The minimum Gasteiger partial charge on any atom is -0.340 e. The minimum atomic E-state index is -0.213. The maximum absolute atomic E-state index is 12.3. The standard InChI is InChI=1S/C17H20N2O3/c20-16-9-4-10-19(16)11-12-22-18-17(21)15-8-3-6-13-5-1-2-7-14(13)15/h1-3,5-7,15H,4,8-12H2,(H,18,21). The smallest absolute Gasteiger partial charge is 0.251 e. The second-order valence-electron chi connectivity index (χ2n) is 5.62. The monoisotopic (exact) mass is 300 g/mol. The largest absolute Gasteiger partial charge is 0.340 e. The summed E-state index contributed by atoms with van der Waals surface area (Å²) in [5, 5.41) is 0. The van der Waals surface area contributed by atoms with E-state index in [9.17, 15) is 9.59 Å². The van der Waals surface area contributed by atoms with Crippen LogP contribution in [0, 0.1) is 0 Å². The van der Waals surface area contributed by atoms with E-state index in [2.05, 4.69) is 5.48 Å². The Morgan fingerprint density at radius 2 is 2.23 bits per heavy atom. The predicted molar refractivity (Wildman–Crippen MR) is 82.7 cm³/mol. The van der Waals surface area contributed by atoms with Crippen molar-refractivity contribution in [2.75, 3.05) is 19.7 Å². The molecule has 1 N–H and O–H groups in total. The third kappa shape index (κ3) is 3.20. The van der Waals surface area contributed by atoms with Crippen LogP contribution in [0.5, 0.6) is 0 Å². The number of hydrogen-bond acceptors (Lipinski definition) is 3. The lowest BCUT2D eigenvalue weighted by Gasteiger charge is -2.21. The molecule has 0 saturated carbocycles. The number of hydroxylamine groups is 1. The van der Waals surface area contributed by atoms with Crippen molar-refractivity contribution >= 4 is 17.9 Å². The van der Waals surface area contributed by atoms with E-state index in [1.165, 1.54) is 0 Å². The van der Waals surface area contributed by atoms with E-state index in [-0.39, 0.29) is 17.7 Å². The number of carbonyl (C=O) groups is 2. The van der Waals surface area contributed by atoms with Gasteiger partial charge in [-0.2, -0.15) is 0 Å². The van der Waals surface area contributed by atoms with Crippen molar-refractivity contribution in [3.63, 3.8) is 0 Å². The zero-order valence-electron chi connectivity index (χ0n) is 12.5. The number of carbonyl (C=O) groups excluding carboxylic acids is 2. The molecule has 1 heterocycles. The van der Waals surface area contributed by atoms with Crippen LogP contribution in [0.25, 0.3) is 6.08 Å². The number of rotatable bonds is 5. The number of likely N-dealkylation sites (tertiary alicyclic amines) is 1. The van der Waals surface area contributed by atoms with Crippen LogP contribution in [0.3, 0.4) is 0 Å². The van der Waals surface area contributed by atoms with Crippen molar-refractivity contribution in [1.82, 2.24) is 10.4 Å². The van der Waals surface area contributed by atoms with Crippen LogP contribution in [0.4, 0.5) is 0 Å². The van der Waals surface area contributed by atoms with Gasteiger partial charge < -0.3 is 4.90 Å². The van der Waals surface area contributed by atoms with E-state index in [4.69, 9.17) is 4.84 Å². The van der Waals surface area contributed by atoms with Gasteiger partial charge in [0.05, 0.1) is 12.5 Å². The molecule has 0 radical (unpaired) electrons. The molecule has 5 nitrogen and oxygen atoms in total. The second kappa shape index (κ2) is 6.75. The Bertz CT molecular complexity index is 597. The van der Waals surface area contributed by atoms with Gasteiger partial charge in [-0.05, 0) is 24.0 Å². The first-order valence-electron chi connectivity index (χ1n) is 7.70. The van der Waals surface area contributed by atoms with Crippen LogP contribution in [0.2, 0.25) is 0 Å². The molecular formula is C17H20N2O3. The molecule has 1 atom stereocenters. The summed E-state index contributed by atoms with van der Waals surface area (Å²) >= 11 is 0. The van der Waals surface area contributed by atoms with Crippen molar-refractivity contribution in [2.24, 2.45) is 0 Å². The van der Waals surface area contributed by atoms with Crippen molar-refractivity contribution in [2.45, 2.75) is 25.2 Å². The Labute approximate surface area is 129 Å². The minimum absolute atomic E-state index is 0.135. The maximum atomic E-state index is 12.3. The van der Waals surface area contributed by atoms with E-state index in [0.717, 1.165) is 24.1 Å². The van der Waals surface area contributed by atoms with Gasteiger partial charge in [0, 0.05) is 19.5 Å². The Morgan fingerprint density at radius 3 is 3.05 bits per heavy atom. The number of allylic oxidation sites excluding steroid dienone is 1. The van der Waals surface area contributed by atoms with E-state index in [1.54, 1.807) is 4.90 Å². The summed E-state index contributed by atoms with van der Waals surface area (Å²) in [6, 6.07) is 7.89. The highest BCUT2D eigenvalue weighted by molar-refractivity contribution is 5.85. The lowest BCUT2D eigenvalue weighted by atomic mass is 9.87. The molecule has 5 heteroatoms. The van der Waals surface area contributed by atoms with Crippen LogP contribution in [0.15, 0.2) is 30.3 Å². The summed E-state index contributed by atoms with van der Waals surface area (Å²) < 4.78 is 0. The molecule has 116 valence electrons. The first-order chi connectivity index (χ1) is 10.8. The quantitative estimate of drug-likeness (QED) is 0.667. The van der Waals surface area contributed by atoms with Gasteiger partial charge in [-0.15, -0.1) is 0 Å². The summed E-state index contributed by atoms with van der Waals surface area (Å²) in [5.74, 6) is -0.180. The van der Waals surface area contributed by atoms with Gasteiger partial charge in [-0.1, -0.05) is 36.4 Å². The maximum Gasteiger partial charge on any atom is 0.251 e. The van der Waals surface area contributed by atoms with Crippen molar-refractivity contribution in [3.05, 3.63) is 41.5 Å². The van der Waals surface area contributed by atoms with Gasteiger partial charge in [0.1, 0.15) is 0 Å². The molecular weight excluding hydrogens is 280 g/mol. The molecule has 2 amide bonds. The molecule has 1 aromatic carbocycles. The second-order valence-corrected chi connectivity index (χ2v) is 5.62. The fourth-order valence-electron chi connectivity index (χ4n) is 2.98. The molecule has 1 aromatic rings. The molecule has 1 aliphatic heterocycles. The summed E-state index contributed by atoms with van der Waals surface area (Å²) in [4.78, 5) is 30.8. The van der Waals surface area contributed by atoms with Crippen LogP contribution in [-0.2, 0) is 14.4 Å². The predicted octanol–water partition coefficient (Wildman–Crippen LogP) is 1.86. The summed E-state index contributed by atoms with van der Waals surface area (Å²) in [7, 11) is 0. The van der Waals surface area contributed by atoms with Crippen molar-refractivity contribution < 1.29 is 14.4 Å². The molecule has 22 heavy (non-hydrogen) atoms. The number of hydrogen-bond donors (Lipinski definition) is 1. The van der Waals surface area contributed by atoms with Gasteiger partial charge in [0.15, 0.2) is 0 Å². The number of benzene rings is 1. The van der Waals surface area contributed by atoms with E-state index >= 15 is 0 Å². The Hall–Kier alpha value is -2.14. The molecule has 1 unspecified atom stereocenters. The highest BCUT2D eigenvalue weighted by Gasteiger charge is 2.24. The first kappa shape index (κ1) is 14.8. The van der Waals surface area contributed by atoms with E-state index in [0.29, 0.717) is 26.0 Å². The summed E-state index contributed by atoms with van der Waals surface area (Å²) in [6.45, 7) is 1.64. The number of nitrogens with zero attached hydrogens (tertiary/aromatic N) is 1. The fraction of sp³-hybridized carbons (Fsp3) is 0.412. The van der Waals surface area contributed by atoms with Crippen LogP contribution >= 0.6 is 0 Å². The first-order valence-corrected chi connectivity index (χ1v) is 7.70. The number of nitrogens with one attached hydrogen (secondary N) is 1. The van der Waals surface area contributed by atoms with Gasteiger partial charge >= 0.3 is 0 Å². The molecule has 0 spiro atoms. The molecule has 2 aliphatic rings. The Kier molecular flexibility index (Phi) is 4.53. The average Bonchev–Trinajstić information content (AvgIpc) is 2.96. The Balaban J connectivity index is 1.48. The fourth-order valence-corrected chi connectivity index (χ4v) is 2.98. The zero-order valence-corrected chi connectivity index (χ0v) is 12.5. The number of amides is 2. The third-order valence-electron chi connectivity index (χ3n) is 4.16. The normalized spacial score (nSPS) is 20.1. The van der Waals surface area contributed by atoms with Crippen LogP contribution in [0.1, 0.15) is 36.3 Å². The van der Waals surface area contributed by atoms with Gasteiger partial charge in [-0.3, -0.25) is 14.4 Å². The van der Waals surface area contributed by atoms with Crippen LogP contribution in [-0.4, -0.2) is 36.4 Å². The molecule has 1 fully saturated rings. The highest BCUT2D eigenvalue weighted by atomic mass is 16.7. The SMILES string of the molecule is O=C(NOCCN1CCCC1=O)C1CC=Cc2ccccc21. The van der Waals surface area contributed by atoms with E-state index in [1.807, 2.05) is 36.4 Å². The lowest BCUT2D eigenvalue weighted by Crippen LogP contribution is -2.34.